The maximum absolute atomic E-state index is 5.71. The van der Waals surface area contributed by atoms with E-state index in [1.165, 1.54) is 0 Å². The van der Waals surface area contributed by atoms with E-state index < -0.39 is 0 Å². The molecule has 0 aromatic carbocycles. The predicted octanol–water partition coefficient (Wildman–Crippen LogP) is 2.04. The van der Waals surface area contributed by atoms with Gasteiger partial charge in [0.1, 0.15) is 0 Å². The van der Waals surface area contributed by atoms with Crippen molar-refractivity contribution >= 4 is 28.8 Å². The van der Waals surface area contributed by atoms with Crippen LogP contribution in [-0.2, 0) is 0 Å². The van der Waals surface area contributed by atoms with Crippen molar-refractivity contribution < 1.29 is 0 Å². The lowest BCUT2D eigenvalue weighted by atomic mass is 10.5. The molecule has 0 radical (unpaired) electrons. The highest BCUT2D eigenvalue weighted by atomic mass is 35.5. The summed E-state index contributed by atoms with van der Waals surface area (Å²) >= 11 is 11.4. The highest BCUT2D eigenvalue weighted by molar-refractivity contribution is 6.31. The molecular weight excluding hydrogens is 185 g/mol. The van der Waals surface area contributed by atoms with E-state index in [1.807, 2.05) is 0 Å². The molecule has 2 aromatic rings. The largest absolute Gasteiger partial charge is 0.272 e. The van der Waals surface area contributed by atoms with Crippen molar-refractivity contribution in [3.8, 4) is 0 Å². The minimum absolute atomic E-state index is 0.322. The molecule has 0 spiro atoms. The van der Waals surface area contributed by atoms with Crippen LogP contribution in [0.1, 0.15) is 0 Å². The lowest BCUT2D eigenvalue weighted by Crippen LogP contribution is -1.82. The minimum atomic E-state index is 0.322. The predicted molar refractivity (Wildman–Crippen MR) is 43.0 cm³/mol. The summed E-state index contributed by atoms with van der Waals surface area (Å²) in [6.07, 6.45) is 1.67. The first-order chi connectivity index (χ1) is 5.27. The summed E-state index contributed by atoms with van der Waals surface area (Å²) in [7, 11) is 0. The van der Waals surface area contributed by atoms with Gasteiger partial charge in [-0.3, -0.25) is 4.40 Å². The Morgan fingerprint density at radius 2 is 2.00 bits per heavy atom. The maximum Gasteiger partial charge on any atom is 0.229 e. The van der Waals surface area contributed by atoms with Crippen molar-refractivity contribution in [2.75, 3.05) is 0 Å². The second-order valence-corrected chi connectivity index (χ2v) is 2.82. The molecule has 0 atom stereocenters. The lowest BCUT2D eigenvalue weighted by molar-refractivity contribution is 1.10. The third-order valence-electron chi connectivity index (χ3n) is 1.32. The average Bonchev–Trinajstić information content (AvgIpc) is 2.33. The Hall–Kier alpha value is -0.800. The molecule has 0 saturated heterocycles. The van der Waals surface area contributed by atoms with Crippen LogP contribution in [0.4, 0.5) is 0 Å². The van der Waals surface area contributed by atoms with Gasteiger partial charge in [0.05, 0.1) is 5.02 Å². The zero-order chi connectivity index (χ0) is 7.84. The molecule has 0 aliphatic rings. The van der Waals surface area contributed by atoms with Crippen LogP contribution in [0, 0.1) is 0 Å². The summed E-state index contributed by atoms with van der Waals surface area (Å²) in [4.78, 5) is 0. The standard InChI is InChI=1S/C6H3Cl2N3/c7-4-1-2-5-9-10-6(8)11(5)3-4/h1-3H. The van der Waals surface area contributed by atoms with Gasteiger partial charge in [0.15, 0.2) is 5.65 Å². The molecule has 0 N–H and O–H groups in total. The molecular formula is C6H3Cl2N3. The van der Waals surface area contributed by atoms with Gasteiger partial charge in [0, 0.05) is 6.20 Å². The molecule has 2 rings (SSSR count). The van der Waals surface area contributed by atoms with Crippen LogP contribution < -0.4 is 0 Å². The number of fused-ring (bicyclic) bond motifs is 1. The van der Waals surface area contributed by atoms with E-state index in [9.17, 15) is 0 Å². The van der Waals surface area contributed by atoms with Gasteiger partial charge in [0.25, 0.3) is 0 Å². The van der Waals surface area contributed by atoms with Crippen LogP contribution in [0.3, 0.4) is 0 Å². The number of nitrogens with zero attached hydrogens (tertiary/aromatic N) is 3. The van der Waals surface area contributed by atoms with Crippen molar-refractivity contribution in [3.63, 3.8) is 0 Å². The highest BCUT2D eigenvalue weighted by Crippen LogP contribution is 2.13. The van der Waals surface area contributed by atoms with Crippen molar-refractivity contribution in [3.05, 3.63) is 28.6 Å². The summed E-state index contributed by atoms with van der Waals surface area (Å²) in [5.74, 6) is 0. The van der Waals surface area contributed by atoms with Crippen LogP contribution in [0.2, 0.25) is 10.3 Å². The first-order valence-electron chi connectivity index (χ1n) is 2.93. The smallest absolute Gasteiger partial charge is 0.229 e. The first-order valence-corrected chi connectivity index (χ1v) is 3.69. The maximum atomic E-state index is 5.71. The van der Waals surface area contributed by atoms with Crippen LogP contribution in [0.5, 0.6) is 0 Å². The van der Waals surface area contributed by atoms with Gasteiger partial charge in [0.2, 0.25) is 5.28 Å². The fraction of sp³-hybridized carbons (Fsp3) is 0. The molecule has 11 heavy (non-hydrogen) atoms. The van der Waals surface area contributed by atoms with E-state index in [0.717, 1.165) is 0 Å². The van der Waals surface area contributed by atoms with Gasteiger partial charge < -0.3 is 0 Å². The molecule has 0 unspecified atom stereocenters. The summed E-state index contributed by atoms with van der Waals surface area (Å²) in [6.45, 7) is 0. The zero-order valence-corrected chi connectivity index (χ0v) is 6.84. The second kappa shape index (κ2) is 2.36. The van der Waals surface area contributed by atoms with Crippen LogP contribution >= 0.6 is 23.2 Å². The highest BCUT2D eigenvalue weighted by Gasteiger charge is 2.00. The Kier molecular flexibility index (Phi) is 1.47. The fourth-order valence-corrected chi connectivity index (χ4v) is 1.17. The summed E-state index contributed by atoms with van der Waals surface area (Å²) in [6, 6.07) is 3.49. The normalized spacial score (nSPS) is 10.7. The minimum Gasteiger partial charge on any atom is -0.272 e. The van der Waals surface area contributed by atoms with E-state index in [1.54, 1.807) is 22.7 Å². The van der Waals surface area contributed by atoms with Gasteiger partial charge in [-0.25, -0.2) is 0 Å². The second-order valence-electron chi connectivity index (χ2n) is 2.04. The molecule has 5 heteroatoms. The lowest BCUT2D eigenvalue weighted by Gasteiger charge is -1.91. The van der Waals surface area contributed by atoms with Gasteiger partial charge in [-0.05, 0) is 23.7 Å². The van der Waals surface area contributed by atoms with Crippen LogP contribution in [-0.4, -0.2) is 14.6 Å². The van der Waals surface area contributed by atoms with E-state index in [-0.39, 0.29) is 0 Å². The number of halogens is 2. The molecule has 3 nitrogen and oxygen atoms in total. The Morgan fingerprint density at radius 3 is 2.82 bits per heavy atom. The van der Waals surface area contributed by atoms with Crippen molar-refractivity contribution in [2.45, 2.75) is 0 Å². The van der Waals surface area contributed by atoms with Crippen LogP contribution in [0.25, 0.3) is 5.65 Å². The molecule has 56 valence electrons. The number of hydrogen-bond donors (Lipinski definition) is 0. The van der Waals surface area contributed by atoms with E-state index in [2.05, 4.69) is 10.2 Å². The topological polar surface area (TPSA) is 30.2 Å². The molecule has 0 saturated carbocycles. The summed E-state index contributed by atoms with van der Waals surface area (Å²) in [5, 5.41) is 8.37. The van der Waals surface area contributed by atoms with Crippen molar-refractivity contribution in [2.24, 2.45) is 0 Å². The van der Waals surface area contributed by atoms with Gasteiger partial charge in [-0.1, -0.05) is 11.6 Å². The van der Waals surface area contributed by atoms with Crippen molar-refractivity contribution in [1.82, 2.24) is 14.6 Å². The molecule has 2 heterocycles. The molecule has 2 aromatic heterocycles. The Balaban J connectivity index is 2.87. The van der Waals surface area contributed by atoms with Gasteiger partial charge >= 0.3 is 0 Å². The van der Waals surface area contributed by atoms with Gasteiger partial charge in [-0.15, -0.1) is 10.2 Å². The number of aromatic nitrogens is 3. The third kappa shape index (κ3) is 1.06. The Labute approximate surface area is 72.6 Å². The number of rotatable bonds is 0. The SMILES string of the molecule is Clc1ccc2nnc(Cl)n2c1. The van der Waals surface area contributed by atoms with Crippen molar-refractivity contribution in [1.29, 1.82) is 0 Å². The first kappa shape index (κ1) is 6.88. The Morgan fingerprint density at radius 1 is 1.18 bits per heavy atom. The molecule has 0 fully saturated rings. The molecule has 0 bridgehead atoms. The van der Waals surface area contributed by atoms with E-state index >= 15 is 0 Å². The summed E-state index contributed by atoms with van der Waals surface area (Å²) in [5.41, 5.74) is 0.694. The van der Waals surface area contributed by atoms with E-state index in [4.69, 9.17) is 23.2 Å². The summed E-state index contributed by atoms with van der Waals surface area (Å²) < 4.78 is 1.61. The van der Waals surface area contributed by atoms with Crippen LogP contribution in [0.15, 0.2) is 18.3 Å². The quantitative estimate of drug-likeness (QED) is 0.633. The average molecular weight is 188 g/mol. The zero-order valence-electron chi connectivity index (χ0n) is 5.33. The number of hydrogen-bond acceptors (Lipinski definition) is 2. The molecule has 0 aliphatic heterocycles. The number of pyridine rings is 1. The molecule has 0 amide bonds. The monoisotopic (exact) mass is 187 g/mol. The Bertz CT molecular complexity index is 396. The third-order valence-corrected chi connectivity index (χ3v) is 1.81. The molecule has 0 aliphatic carbocycles. The van der Waals surface area contributed by atoms with E-state index in [0.29, 0.717) is 16.0 Å². The van der Waals surface area contributed by atoms with Gasteiger partial charge in [-0.2, -0.15) is 0 Å². The fourth-order valence-electron chi connectivity index (χ4n) is 0.837.